The molecule has 0 unspecified atom stereocenters. The summed E-state index contributed by atoms with van der Waals surface area (Å²) in [6, 6.07) is 0. The number of halogens is 1. The first-order valence-corrected chi connectivity index (χ1v) is 16.6. The molecule has 0 aliphatic heterocycles. The van der Waals surface area contributed by atoms with E-state index in [1.807, 2.05) is 0 Å². The second-order valence-corrected chi connectivity index (χ2v) is 17.6. The topological polar surface area (TPSA) is 0 Å². The Hall–Kier alpha value is 0.720. The third-order valence-corrected chi connectivity index (χ3v) is 14.3. The van der Waals surface area contributed by atoms with Gasteiger partial charge in [-0.05, 0) is 0 Å². The Balaban J connectivity index is 4.83. The molecule has 0 aliphatic carbocycles. The van der Waals surface area contributed by atoms with E-state index in [4.69, 9.17) is 11.2 Å². The fraction of sp³-hybridized carbons (Fsp3) is 1.00. The summed E-state index contributed by atoms with van der Waals surface area (Å²) in [6.45, 7) is 9.29. The summed E-state index contributed by atoms with van der Waals surface area (Å²) in [5, 5.41) is 0. The Bertz CT molecular complexity index is 277. The van der Waals surface area contributed by atoms with Crippen LogP contribution in [-0.2, 0) is 0 Å². The van der Waals surface area contributed by atoms with Gasteiger partial charge in [0.15, 0.2) is 0 Å². The second-order valence-electron chi connectivity index (χ2n) is 9.31. The van der Waals surface area contributed by atoms with Crippen molar-refractivity contribution in [2.24, 2.45) is 0 Å². The van der Waals surface area contributed by atoms with Crippen LogP contribution in [0.1, 0.15) is 137 Å². The van der Waals surface area contributed by atoms with Crippen molar-refractivity contribution in [2.75, 3.05) is 24.6 Å². The first kappa shape index (κ1) is 27.7. The molecular formula is C25H54ClP. The zero-order chi connectivity index (χ0) is 20.3. The average molecular weight is 421 g/mol. The van der Waals surface area contributed by atoms with Gasteiger partial charge in [-0.1, -0.05) is 0 Å². The van der Waals surface area contributed by atoms with Gasteiger partial charge in [-0.25, -0.2) is 0 Å². The summed E-state index contributed by atoms with van der Waals surface area (Å²) in [5.41, 5.74) is 0. The molecule has 0 rings (SSSR count). The van der Waals surface area contributed by atoms with E-state index in [1.165, 1.54) is 134 Å². The fourth-order valence-electron chi connectivity index (χ4n) is 4.56. The van der Waals surface area contributed by atoms with E-state index in [2.05, 4.69) is 27.7 Å². The number of unbranched alkanes of at least 4 members (excludes halogenated alkanes) is 13. The molecule has 0 N–H and O–H groups in total. The van der Waals surface area contributed by atoms with Crippen molar-refractivity contribution >= 4 is 17.2 Å². The van der Waals surface area contributed by atoms with Crippen molar-refractivity contribution in [2.45, 2.75) is 137 Å². The van der Waals surface area contributed by atoms with Crippen LogP contribution in [0.4, 0.5) is 0 Å². The monoisotopic (exact) mass is 420 g/mol. The molecule has 0 aromatic carbocycles. The molecule has 0 saturated carbocycles. The van der Waals surface area contributed by atoms with Crippen molar-refractivity contribution in [1.82, 2.24) is 0 Å². The molecule has 0 aromatic heterocycles. The summed E-state index contributed by atoms with van der Waals surface area (Å²) < 4.78 is 0. The fourth-order valence-corrected chi connectivity index (χ4v) is 11.5. The van der Waals surface area contributed by atoms with Gasteiger partial charge in [0.05, 0.1) is 0 Å². The second kappa shape index (κ2) is 17.6. The van der Waals surface area contributed by atoms with Crippen LogP contribution >= 0.6 is 17.2 Å². The molecule has 0 radical (unpaired) electrons. The van der Waals surface area contributed by atoms with Gasteiger partial charge in [-0.3, -0.25) is 0 Å². The maximum atomic E-state index is 7.85. The summed E-state index contributed by atoms with van der Waals surface area (Å²) in [6.07, 6.45) is 29.1. The Morgan fingerprint density at radius 1 is 0.370 bits per heavy atom. The minimum absolute atomic E-state index is 1.31. The summed E-state index contributed by atoms with van der Waals surface area (Å²) in [5.74, 6) is -2.02. The van der Waals surface area contributed by atoms with Gasteiger partial charge < -0.3 is 0 Å². The SMILES string of the molecule is CCCCCCCP(Cl)(CCCC)(CCCCCCC)CCCCCCC. The molecule has 0 spiro atoms. The molecule has 166 valence electrons. The van der Waals surface area contributed by atoms with Crippen LogP contribution in [0.5, 0.6) is 0 Å². The third kappa shape index (κ3) is 14.4. The molecule has 0 atom stereocenters. The molecular weight excluding hydrogens is 367 g/mol. The van der Waals surface area contributed by atoms with E-state index in [0.717, 1.165) is 0 Å². The molecule has 27 heavy (non-hydrogen) atoms. The van der Waals surface area contributed by atoms with E-state index < -0.39 is 5.96 Å². The standard InChI is InChI=1S/C25H54ClP/c1-5-9-13-16-19-23-27(26,22-12-8-4,24-20-17-14-10-6-2)25-21-18-15-11-7-3/h5-25H2,1-4H3. The van der Waals surface area contributed by atoms with Crippen LogP contribution in [-0.4, -0.2) is 24.6 Å². The Morgan fingerprint density at radius 3 is 0.926 bits per heavy atom. The summed E-state index contributed by atoms with van der Waals surface area (Å²) in [7, 11) is 0. The Kier molecular flexibility index (Phi) is 18.0. The van der Waals surface area contributed by atoms with Gasteiger partial charge in [0.1, 0.15) is 0 Å². The Labute approximate surface area is 178 Å². The predicted molar refractivity (Wildman–Crippen MR) is 133 cm³/mol. The minimum atomic E-state index is -2.02. The molecule has 0 fully saturated rings. The zero-order valence-corrected chi connectivity index (χ0v) is 21.3. The van der Waals surface area contributed by atoms with Crippen LogP contribution in [0.2, 0.25) is 0 Å². The van der Waals surface area contributed by atoms with Crippen LogP contribution in [0, 0.1) is 0 Å². The van der Waals surface area contributed by atoms with Gasteiger partial charge in [0.25, 0.3) is 0 Å². The van der Waals surface area contributed by atoms with E-state index in [-0.39, 0.29) is 0 Å². The van der Waals surface area contributed by atoms with Crippen LogP contribution < -0.4 is 0 Å². The van der Waals surface area contributed by atoms with E-state index in [1.54, 1.807) is 0 Å². The molecule has 0 aromatic rings. The van der Waals surface area contributed by atoms with Gasteiger partial charge in [-0.15, -0.1) is 0 Å². The summed E-state index contributed by atoms with van der Waals surface area (Å²) in [4.78, 5) is 0. The predicted octanol–water partition coefficient (Wildman–Crippen LogP) is 10.4. The molecule has 0 nitrogen and oxygen atoms in total. The van der Waals surface area contributed by atoms with Crippen molar-refractivity contribution in [3.05, 3.63) is 0 Å². The third-order valence-electron chi connectivity index (χ3n) is 6.53. The Morgan fingerprint density at radius 2 is 0.630 bits per heavy atom. The van der Waals surface area contributed by atoms with Crippen molar-refractivity contribution in [3.8, 4) is 0 Å². The van der Waals surface area contributed by atoms with Gasteiger partial charge >= 0.3 is 179 Å². The first-order chi connectivity index (χ1) is 13.0. The number of hydrogen-bond acceptors (Lipinski definition) is 0. The maximum absolute atomic E-state index is 7.85. The molecule has 2 heteroatoms. The van der Waals surface area contributed by atoms with Crippen LogP contribution in [0.15, 0.2) is 0 Å². The molecule has 0 amide bonds. The molecule has 0 heterocycles. The number of rotatable bonds is 21. The van der Waals surface area contributed by atoms with E-state index in [9.17, 15) is 0 Å². The van der Waals surface area contributed by atoms with Crippen molar-refractivity contribution in [1.29, 1.82) is 0 Å². The quantitative estimate of drug-likeness (QED) is 0.128. The molecule has 0 bridgehead atoms. The summed E-state index contributed by atoms with van der Waals surface area (Å²) >= 11 is 7.85. The molecule has 0 aliphatic rings. The van der Waals surface area contributed by atoms with Crippen LogP contribution in [0.25, 0.3) is 0 Å². The first-order valence-electron chi connectivity index (χ1n) is 12.8. The van der Waals surface area contributed by atoms with Crippen molar-refractivity contribution < 1.29 is 0 Å². The zero-order valence-electron chi connectivity index (χ0n) is 19.7. The average Bonchev–Trinajstić information content (AvgIpc) is 2.66. The number of hydrogen-bond donors (Lipinski definition) is 0. The van der Waals surface area contributed by atoms with Crippen molar-refractivity contribution in [3.63, 3.8) is 0 Å². The van der Waals surface area contributed by atoms with Gasteiger partial charge in [0.2, 0.25) is 0 Å². The normalized spacial score (nSPS) is 13.6. The van der Waals surface area contributed by atoms with E-state index >= 15 is 0 Å². The van der Waals surface area contributed by atoms with E-state index in [0.29, 0.717) is 0 Å². The van der Waals surface area contributed by atoms with Gasteiger partial charge in [0, 0.05) is 0 Å². The van der Waals surface area contributed by atoms with Crippen LogP contribution in [0.3, 0.4) is 0 Å². The van der Waals surface area contributed by atoms with Gasteiger partial charge in [-0.2, -0.15) is 0 Å². The molecule has 0 saturated heterocycles.